The molecule has 4 heteroatoms. The summed E-state index contributed by atoms with van der Waals surface area (Å²) in [6.45, 7) is 3.37. The number of rotatable bonds is 2. The molecule has 2 unspecified atom stereocenters. The molecule has 1 N–H and O–H groups in total. The molecule has 1 aromatic heterocycles. The Bertz CT molecular complexity index is 544. The number of hydrogen-bond acceptors (Lipinski definition) is 4. The molecule has 1 aliphatic rings. The van der Waals surface area contributed by atoms with Gasteiger partial charge in [0.2, 0.25) is 0 Å². The summed E-state index contributed by atoms with van der Waals surface area (Å²) in [4.78, 5) is 11.0. The molecule has 0 spiro atoms. The minimum absolute atomic E-state index is 0.527. The van der Waals surface area contributed by atoms with Crippen LogP contribution in [0.2, 0.25) is 0 Å². The highest BCUT2D eigenvalue weighted by Crippen LogP contribution is 2.21. The Kier molecular flexibility index (Phi) is 2.88. The normalized spacial score (nSPS) is 24.6. The lowest BCUT2D eigenvalue weighted by molar-refractivity contribution is 0.330. The molecule has 1 aromatic carbocycles. The lowest BCUT2D eigenvalue weighted by Gasteiger charge is -2.14. The van der Waals surface area contributed by atoms with Gasteiger partial charge in [-0.1, -0.05) is 0 Å². The van der Waals surface area contributed by atoms with Gasteiger partial charge < -0.3 is 10.2 Å². The quantitative estimate of drug-likeness (QED) is 0.876. The second-order valence-corrected chi connectivity index (χ2v) is 5.13. The van der Waals surface area contributed by atoms with Crippen LogP contribution in [0.4, 0.5) is 5.69 Å². The molecule has 0 bridgehead atoms. The molecular formula is C14H18N4. The van der Waals surface area contributed by atoms with E-state index in [1.54, 1.807) is 12.4 Å². The molecule has 3 rings (SSSR count). The summed E-state index contributed by atoms with van der Waals surface area (Å²) in [5.41, 5.74) is 3.03. The third-order valence-electron chi connectivity index (χ3n) is 3.73. The van der Waals surface area contributed by atoms with Crippen LogP contribution in [0, 0.1) is 0 Å². The summed E-state index contributed by atoms with van der Waals surface area (Å²) in [6, 6.07) is 7.36. The van der Waals surface area contributed by atoms with Crippen LogP contribution in [-0.2, 0) is 0 Å². The number of nitrogens with one attached hydrogen (secondary N) is 1. The van der Waals surface area contributed by atoms with Gasteiger partial charge in [-0.25, -0.2) is 0 Å². The van der Waals surface area contributed by atoms with Crippen molar-refractivity contribution in [2.24, 2.45) is 0 Å². The van der Waals surface area contributed by atoms with Gasteiger partial charge >= 0.3 is 0 Å². The Morgan fingerprint density at radius 1 is 1.22 bits per heavy atom. The Balaban J connectivity index is 1.79. The zero-order valence-electron chi connectivity index (χ0n) is 10.8. The second kappa shape index (κ2) is 4.53. The van der Waals surface area contributed by atoms with Crippen LogP contribution >= 0.6 is 0 Å². The van der Waals surface area contributed by atoms with Crippen LogP contribution in [0.25, 0.3) is 11.0 Å². The molecule has 1 fully saturated rings. The van der Waals surface area contributed by atoms with Crippen molar-refractivity contribution in [3.05, 3.63) is 30.6 Å². The molecule has 0 amide bonds. The monoisotopic (exact) mass is 242 g/mol. The molecule has 94 valence electrons. The zero-order valence-corrected chi connectivity index (χ0v) is 10.8. The summed E-state index contributed by atoms with van der Waals surface area (Å²) in [7, 11) is 2.18. The first-order chi connectivity index (χ1) is 8.72. The molecule has 0 saturated carbocycles. The number of aromatic nitrogens is 2. The molecule has 0 radical (unpaired) electrons. The van der Waals surface area contributed by atoms with Crippen LogP contribution < -0.4 is 5.32 Å². The highest BCUT2D eigenvalue weighted by atomic mass is 15.2. The van der Waals surface area contributed by atoms with Gasteiger partial charge in [-0.3, -0.25) is 9.97 Å². The van der Waals surface area contributed by atoms with E-state index in [1.165, 1.54) is 6.42 Å². The minimum Gasteiger partial charge on any atom is -0.381 e. The van der Waals surface area contributed by atoms with Gasteiger partial charge in [-0.2, -0.15) is 0 Å². The lowest BCUT2D eigenvalue weighted by Crippen LogP contribution is -2.24. The van der Waals surface area contributed by atoms with Crippen molar-refractivity contribution in [1.29, 1.82) is 0 Å². The summed E-state index contributed by atoms with van der Waals surface area (Å²) < 4.78 is 0. The van der Waals surface area contributed by atoms with Gasteiger partial charge in [0.1, 0.15) is 0 Å². The molecule has 18 heavy (non-hydrogen) atoms. The average molecular weight is 242 g/mol. The fourth-order valence-electron chi connectivity index (χ4n) is 2.59. The van der Waals surface area contributed by atoms with Gasteiger partial charge in [-0.15, -0.1) is 0 Å². The Morgan fingerprint density at radius 2 is 2.00 bits per heavy atom. The van der Waals surface area contributed by atoms with Crippen molar-refractivity contribution in [2.45, 2.75) is 25.4 Å². The topological polar surface area (TPSA) is 41.1 Å². The van der Waals surface area contributed by atoms with E-state index in [1.807, 2.05) is 6.07 Å². The Morgan fingerprint density at radius 3 is 2.72 bits per heavy atom. The molecule has 2 heterocycles. The number of likely N-dealkylation sites (N-methyl/N-ethyl adjacent to an activating group) is 1. The third-order valence-corrected chi connectivity index (χ3v) is 3.73. The van der Waals surface area contributed by atoms with Crippen LogP contribution in [-0.4, -0.2) is 40.5 Å². The predicted octanol–water partition coefficient (Wildman–Crippen LogP) is 2.13. The van der Waals surface area contributed by atoms with Crippen molar-refractivity contribution in [1.82, 2.24) is 14.9 Å². The first-order valence-corrected chi connectivity index (χ1v) is 6.40. The minimum atomic E-state index is 0.527. The SMILES string of the molecule is CC1CC(Nc2ccc3nccnc3c2)CN1C. The number of benzene rings is 1. The molecule has 1 aliphatic heterocycles. The van der Waals surface area contributed by atoms with E-state index in [4.69, 9.17) is 0 Å². The first kappa shape index (κ1) is 11.4. The van der Waals surface area contributed by atoms with Crippen molar-refractivity contribution >= 4 is 16.7 Å². The average Bonchev–Trinajstić information content (AvgIpc) is 2.68. The smallest absolute Gasteiger partial charge is 0.0907 e. The largest absolute Gasteiger partial charge is 0.381 e. The molecular weight excluding hydrogens is 224 g/mol. The van der Waals surface area contributed by atoms with Crippen LogP contribution in [0.3, 0.4) is 0 Å². The highest BCUT2D eigenvalue weighted by molar-refractivity contribution is 5.78. The van der Waals surface area contributed by atoms with E-state index >= 15 is 0 Å². The third kappa shape index (κ3) is 2.16. The number of likely N-dealkylation sites (tertiary alicyclic amines) is 1. The standard InChI is InChI=1S/C14H18N4/c1-10-7-12(9-18(10)2)17-11-3-4-13-14(8-11)16-6-5-15-13/h3-6,8,10,12,17H,7,9H2,1-2H3. The van der Waals surface area contributed by atoms with Gasteiger partial charge in [-0.05, 0) is 38.6 Å². The molecule has 4 nitrogen and oxygen atoms in total. The summed E-state index contributed by atoms with van der Waals surface area (Å²) in [5.74, 6) is 0. The number of hydrogen-bond donors (Lipinski definition) is 1. The van der Waals surface area contributed by atoms with Crippen molar-refractivity contribution in [3.63, 3.8) is 0 Å². The van der Waals surface area contributed by atoms with Crippen LogP contribution in [0.1, 0.15) is 13.3 Å². The second-order valence-electron chi connectivity index (χ2n) is 5.13. The maximum atomic E-state index is 4.33. The highest BCUT2D eigenvalue weighted by Gasteiger charge is 2.25. The predicted molar refractivity (Wildman–Crippen MR) is 73.7 cm³/mol. The maximum absolute atomic E-state index is 4.33. The molecule has 0 aliphatic carbocycles. The molecule has 2 atom stereocenters. The first-order valence-electron chi connectivity index (χ1n) is 6.40. The van der Waals surface area contributed by atoms with Crippen molar-refractivity contribution in [3.8, 4) is 0 Å². The van der Waals surface area contributed by atoms with Crippen LogP contribution in [0.5, 0.6) is 0 Å². The van der Waals surface area contributed by atoms with E-state index in [0.29, 0.717) is 12.1 Å². The summed E-state index contributed by atoms with van der Waals surface area (Å²) in [5, 5.41) is 3.58. The lowest BCUT2D eigenvalue weighted by atomic mass is 10.1. The van der Waals surface area contributed by atoms with E-state index in [9.17, 15) is 0 Å². The fraction of sp³-hybridized carbons (Fsp3) is 0.429. The van der Waals surface area contributed by atoms with E-state index in [2.05, 4.69) is 46.3 Å². The zero-order chi connectivity index (χ0) is 12.5. The maximum Gasteiger partial charge on any atom is 0.0907 e. The van der Waals surface area contributed by atoms with Crippen molar-refractivity contribution < 1.29 is 0 Å². The number of anilines is 1. The van der Waals surface area contributed by atoms with E-state index in [-0.39, 0.29) is 0 Å². The number of nitrogens with zero attached hydrogens (tertiary/aromatic N) is 3. The molecule has 1 saturated heterocycles. The van der Waals surface area contributed by atoms with Crippen molar-refractivity contribution in [2.75, 3.05) is 18.9 Å². The fourth-order valence-corrected chi connectivity index (χ4v) is 2.59. The van der Waals surface area contributed by atoms with E-state index in [0.717, 1.165) is 23.3 Å². The molecule has 2 aromatic rings. The number of fused-ring (bicyclic) bond motifs is 1. The van der Waals surface area contributed by atoms with Crippen LogP contribution in [0.15, 0.2) is 30.6 Å². The van der Waals surface area contributed by atoms with Gasteiger partial charge in [0.15, 0.2) is 0 Å². The van der Waals surface area contributed by atoms with E-state index < -0.39 is 0 Å². The summed E-state index contributed by atoms with van der Waals surface area (Å²) in [6.07, 6.45) is 4.65. The Hall–Kier alpha value is -1.68. The van der Waals surface area contributed by atoms with Gasteiger partial charge in [0.25, 0.3) is 0 Å². The Labute approximate surface area is 107 Å². The van der Waals surface area contributed by atoms with Gasteiger partial charge in [0, 0.05) is 36.7 Å². The van der Waals surface area contributed by atoms with Gasteiger partial charge in [0.05, 0.1) is 11.0 Å². The summed E-state index contributed by atoms with van der Waals surface area (Å²) >= 11 is 0.